The lowest BCUT2D eigenvalue weighted by Crippen LogP contribution is -2.43. The van der Waals surface area contributed by atoms with Crippen LogP contribution in [0.1, 0.15) is 50.2 Å². The highest BCUT2D eigenvalue weighted by atomic mass is 32.2. The second kappa shape index (κ2) is 10.0. The van der Waals surface area contributed by atoms with Crippen molar-refractivity contribution in [3.8, 4) is 0 Å². The molecule has 2 atom stereocenters. The Bertz CT molecular complexity index is 807. The maximum absolute atomic E-state index is 12.3. The second-order valence-corrected chi connectivity index (χ2v) is 9.26. The lowest BCUT2D eigenvalue weighted by atomic mass is 9.86. The number of benzene rings is 1. The van der Waals surface area contributed by atoms with Crippen LogP contribution in [0.4, 0.5) is 0 Å². The van der Waals surface area contributed by atoms with E-state index in [2.05, 4.69) is 17.0 Å². The maximum atomic E-state index is 12.3. The first kappa shape index (κ1) is 22.4. The Balaban J connectivity index is 1.71. The monoisotopic (exact) mass is 410 g/mol. The van der Waals surface area contributed by atoms with E-state index in [4.69, 9.17) is 4.74 Å². The van der Waals surface area contributed by atoms with Crippen LogP contribution in [0.15, 0.2) is 23.1 Å². The number of aryl methyl sites for hydroxylation is 2. The number of rotatable bonds is 8. The number of nitrogens with one attached hydrogen (secondary N) is 2. The van der Waals surface area contributed by atoms with Crippen LogP contribution in [0.5, 0.6) is 0 Å². The minimum absolute atomic E-state index is 0.0879. The number of carbonyl (C=O) groups excluding carboxylic acids is 2. The van der Waals surface area contributed by atoms with Crippen molar-refractivity contribution in [2.24, 2.45) is 5.92 Å². The SMILES string of the molecule is Cc1ccc(S(=O)(=O)NCCC(=O)OCC(=O)N[C@H]2CCCC[C@@H]2C)cc1C. The average Bonchev–Trinajstić information content (AvgIpc) is 2.64. The van der Waals surface area contributed by atoms with E-state index in [0.29, 0.717) is 5.92 Å². The Labute approximate surface area is 167 Å². The first-order chi connectivity index (χ1) is 13.2. The van der Waals surface area contributed by atoms with Crippen molar-refractivity contribution < 1.29 is 22.7 Å². The van der Waals surface area contributed by atoms with Gasteiger partial charge < -0.3 is 10.1 Å². The van der Waals surface area contributed by atoms with Gasteiger partial charge in [-0.25, -0.2) is 13.1 Å². The highest BCUT2D eigenvalue weighted by Gasteiger charge is 2.23. The molecule has 7 nitrogen and oxygen atoms in total. The van der Waals surface area contributed by atoms with Gasteiger partial charge in [0.1, 0.15) is 0 Å². The molecule has 2 rings (SSSR count). The van der Waals surface area contributed by atoms with Gasteiger partial charge in [0.05, 0.1) is 11.3 Å². The van der Waals surface area contributed by atoms with Crippen LogP contribution in [0.25, 0.3) is 0 Å². The Morgan fingerprint density at radius 3 is 2.54 bits per heavy atom. The topological polar surface area (TPSA) is 102 Å². The van der Waals surface area contributed by atoms with Gasteiger partial charge in [-0.05, 0) is 55.9 Å². The Morgan fingerprint density at radius 1 is 1.14 bits per heavy atom. The fourth-order valence-corrected chi connectivity index (χ4v) is 4.37. The molecule has 0 bridgehead atoms. The first-order valence-corrected chi connectivity index (χ1v) is 11.2. The molecule has 1 aromatic carbocycles. The zero-order valence-electron chi connectivity index (χ0n) is 16.8. The Kier molecular flexibility index (Phi) is 8.00. The van der Waals surface area contributed by atoms with Crippen LogP contribution in [0.2, 0.25) is 0 Å². The smallest absolute Gasteiger partial charge is 0.307 e. The van der Waals surface area contributed by atoms with Crippen molar-refractivity contribution in [3.63, 3.8) is 0 Å². The highest BCUT2D eigenvalue weighted by molar-refractivity contribution is 7.89. The molecule has 0 aromatic heterocycles. The fourth-order valence-electron chi connectivity index (χ4n) is 3.25. The number of ether oxygens (including phenoxy) is 1. The largest absolute Gasteiger partial charge is 0.456 e. The summed E-state index contributed by atoms with van der Waals surface area (Å²) < 4.78 is 31.9. The predicted octanol–water partition coefficient (Wildman–Crippen LogP) is 2.21. The molecule has 8 heteroatoms. The summed E-state index contributed by atoms with van der Waals surface area (Å²) in [5, 5.41) is 2.91. The molecule has 28 heavy (non-hydrogen) atoms. The third kappa shape index (κ3) is 6.60. The van der Waals surface area contributed by atoms with Crippen molar-refractivity contribution in [1.29, 1.82) is 0 Å². The quantitative estimate of drug-likeness (QED) is 0.640. The Hall–Kier alpha value is -1.93. The summed E-state index contributed by atoms with van der Waals surface area (Å²) in [6, 6.07) is 4.99. The summed E-state index contributed by atoms with van der Waals surface area (Å²) in [6.07, 6.45) is 4.17. The van der Waals surface area contributed by atoms with Gasteiger partial charge in [0.15, 0.2) is 6.61 Å². The molecule has 0 spiro atoms. The molecule has 1 saturated carbocycles. The van der Waals surface area contributed by atoms with E-state index in [1.807, 2.05) is 13.8 Å². The summed E-state index contributed by atoms with van der Waals surface area (Å²) in [5.41, 5.74) is 1.88. The summed E-state index contributed by atoms with van der Waals surface area (Å²) in [5.74, 6) is -0.509. The lowest BCUT2D eigenvalue weighted by molar-refractivity contribution is -0.148. The Morgan fingerprint density at radius 2 is 1.86 bits per heavy atom. The van der Waals surface area contributed by atoms with Crippen LogP contribution in [-0.2, 0) is 24.3 Å². The molecule has 0 unspecified atom stereocenters. The minimum Gasteiger partial charge on any atom is -0.456 e. The molecule has 1 amide bonds. The highest BCUT2D eigenvalue weighted by Crippen LogP contribution is 2.23. The van der Waals surface area contributed by atoms with Gasteiger partial charge >= 0.3 is 5.97 Å². The van der Waals surface area contributed by atoms with Crippen LogP contribution < -0.4 is 10.0 Å². The van der Waals surface area contributed by atoms with Crippen LogP contribution in [0.3, 0.4) is 0 Å². The van der Waals surface area contributed by atoms with Gasteiger partial charge in [0.2, 0.25) is 10.0 Å². The van der Waals surface area contributed by atoms with Crippen molar-refractivity contribution in [1.82, 2.24) is 10.0 Å². The third-order valence-corrected chi connectivity index (χ3v) is 6.69. The summed E-state index contributed by atoms with van der Waals surface area (Å²) in [6.45, 7) is 5.42. The van der Waals surface area contributed by atoms with Gasteiger partial charge in [-0.3, -0.25) is 9.59 Å². The first-order valence-electron chi connectivity index (χ1n) is 9.71. The van der Waals surface area contributed by atoms with E-state index < -0.39 is 16.0 Å². The molecule has 0 heterocycles. The van der Waals surface area contributed by atoms with Crippen LogP contribution in [0, 0.1) is 19.8 Å². The summed E-state index contributed by atoms with van der Waals surface area (Å²) >= 11 is 0. The van der Waals surface area contributed by atoms with Gasteiger partial charge in [-0.2, -0.15) is 0 Å². The molecular formula is C20H30N2O5S. The number of hydrogen-bond acceptors (Lipinski definition) is 5. The van der Waals surface area contributed by atoms with E-state index in [1.54, 1.807) is 12.1 Å². The van der Waals surface area contributed by atoms with E-state index >= 15 is 0 Å². The normalized spacial score (nSPS) is 19.8. The second-order valence-electron chi connectivity index (χ2n) is 7.49. The van der Waals surface area contributed by atoms with Gasteiger partial charge in [0, 0.05) is 12.6 Å². The molecule has 1 aliphatic carbocycles. The molecule has 156 valence electrons. The summed E-state index contributed by atoms with van der Waals surface area (Å²) in [4.78, 5) is 23.9. The summed E-state index contributed by atoms with van der Waals surface area (Å²) in [7, 11) is -3.69. The number of hydrogen-bond donors (Lipinski definition) is 2. The van der Waals surface area contributed by atoms with Gasteiger partial charge in [-0.15, -0.1) is 0 Å². The van der Waals surface area contributed by atoms with E-state index in [1.165, 1.54) is 12.5 Å². The van der Waals surface area contributed by atoms with Crippen molar-refractivity contribution in [3.05, 3.63) is 29.3 Å². The number of esters is 1. The van der Waals surface area contributed by atoms with Crippen LogP contribution >= 0.6 is 0 Å². The standard InChI is InChI=1S/C20H30N2O5S/c1-14-8-9-17(12-16(14)3)28(25,26)21-11-10-20(24)27-13-19(23)22-18-7-5-4-6-15(18)2/h8-9,12,15,18,21H,4-7,10-11,13H2,1-3H3,(H,22,23)/t15-,18-/m0/s1. The molecule has 1 fully saturated rings. The van der Waals surface area contributed by atoms with E-state index in [-0.39, 0.29) is 36.4 Å². The number of sulfonamides is 1. The lowest BCUT2D eigenvalue weighted by Gasteiger charge is -2.29. The molecular weight excluding hydrogens is 380 g/mol. The third-order valence-electron chi connectivity index (χ3n) is 5.23. The van der Waals surface area contributed by atoms with Crippen molar-refractivity contribution in [2.75, 3.05) is 13.2 Å². The van der Waals surface area contributed by atoms with Crippen LogP contribution in [-0.4, -0.2) is 39.5 Å². The minimum atomic E-state index is -3.69. The van der Waals surface area contributed by atoms with E-state index in [9.17, 15) is 18.0 Å². The zero-order valence-corrected chi connectivity index (χ0v) is 17.6. The number of amides is 1. The fraction of sp³-hybridized carbons (Fsp3) is 0.600. The predicted molar refractivity (Wildman–Crippen MR) is 106 cm³/mol. The van der Waals surface area contributed by atoms with Gasteiger partial charge in [0.25, 0.3) is 5.91 Å². The molecule has 1 aliphatic rings. The maximum Gasteiger partial charge on any atom is 0.307 e. The average molecular weight is 411 g/mol. The van der Waals surface area contributed by atoms with Crippen molar-refractivity contribution in [2.45, 2.75) is 63.8 Å². The molecule has 0 radical (unpaired) electrons. The molecule has 0 aliphatic heterocycles. The number of carbonyl (C=O) groups is 2. The van der Waals surface area contributed by atoms with Gasteiger partial charge in [-0.1, -0.05) is 25.8 Å². The van der Waals surface area contributed by atoms with Crippen molar-refractivity contribution >= 4 is 21.9 Å². The molecule has 2 N–H and O–H groups in total. The van der Waals surface area contributed by atoms with E-state index in [0.717, 1.165) is 30.4 Å². The molecule has 0 saturated heterocycles. The molecule has 1 aromatic rings. The zero-order chi connectivity index (χ0) is 20.7.